The van der Waals surface area contributed by atoms with Gasteiger partial charge in [-0.1, -0.05) is 6.07 Å². The molecule has 0 aliphatic carbocycles. The van der Waals surface area contributed by atoms with Crippen LogP contribution in [0.15, 0.2) is 48.5 Å². The van der Waals surface area contributed by atoms with E-state index in [9.17, 15) is 4.79 Å². The standard InChI is InChI=1S/C15H12N2O/c1-17(14-7-5-12(11-18)6-8-14)15-4-2-3-13(9-15)10-16/h2-9,11H,1H3. The molecule has 0 aromatic heterocycles. The van der Waals surface area contributed by atoms with Gasteiger partial charge in [0.05, 0.1) is 11.6 Å². The van der Waals surface area contributed by atoms with Gasteiger partial charge in [0.15, 0.2) is 0 Å². The Morgan fingerprint density at radius 3 is 2.44 bits per heavy atom. The van der Waals surface area contributed by atoms with E-state index in [1.54, 1.807) is 18.2 Å². The Morgan fingerprint density at radius 1 is 1.11 bits per heavy atom. The van der Waals surface area contributed by atoms with Gasteiger partial charge in [0.1, 0.15) is 6.29 Å². The van der Waals surface area contributed by atoms with Crippen LogP contribution in [0.3, 0.4) is 0 Å². The fourth-order valence-corrected chi connectivity index (χ4v) is 1.71. The van der Waals surface area contributed by atoms with Gasteiger partial charge in [-0.05, 0) is 42.5 Å². The minimum absolute atomic E-state index is 0.629. The number of nitrogens with zero attached hydrogens (tertiary/aromatic N) is 2. The number of benzene rings is 2. The summed E-state index contributed by atoms with van der Waals surface area (Å²) in [6, 6.07) is 16.8. The molecule has 0 aliphatic heterocycles. The van der Waals surface area contributed by atoms with Crippen LogP contribution >= 0.6 is 0 Å². The molecule has 0 saturated carbocycles. The number of rotatable bonds is 3. The summed E-state index contributed by atoms with van der Waals surface area (Å²) in [5, 5.41) is 8.88. The molecule has 3 heteroatoms. The van der Waals surface area contributed by atoms with E-state index in [4.69, 9.17) is 5.26 Å². The summed E-state index contributed by atoms with van der Waals surface area (Å²) < 4.78 is 0. The molecule has 0 fully saturated rings. The molecule has 0 saturated heterocycles. The monoisotopic (exact) mass is 236 g/mol. The molecule has 0 amide bonds. The van der Waals surface area contributed by atoms with Crippen molar-refractivity contribution in [3.8, 4) is 6.07 Å². The highest BCUT2D eigenvalue weighted by Gasteiger charge is 2.04. The van der Waals surface area contributed by atoms with Crippen molar-refractivity contribution >= 4 is 17.7 Å². The van der Waals surface area contributed by atoms with Crippen LogP contribution in [0.5, 0.6) is 0 Å². The summed E-state index contributed by atoms with van der Waals surface area (Å²) >= 11 is 0. The van der Waals surface area contributed by atoms with Crippen LogP contribution < -0.4 is 4.90 Å². The van der Waals surface area contributed by atoms with Crippen molar-refractivity contribution in [2.24, 2.45) is 0 Å². The van der Waals surface area contributed by atoms with Gasteiger partial charge < -0.3 is 4.90 Å². The van der Waals surface area contributed by atoms with E-state index in [0.717, 1.165) is 17.7 Å². The van der Waals surface area contributed by atoms with Crippen molar-refractivity contribution in [3.05, 3.63) is 59.7 Å². The van der Waals surface area contributed by atoms with E-state index >= 15 is 0 Å². The number of carbonyl (C=O) groups is 1. The topological polar surface area (TPSA) is 44.1 Å². The number of aldehydes is 1. The predicted molar refractivity (Wildman–Crippen MR) is 71.0 cm³/mol. The molecule has 0 unspecified atom stereocenters. The van der Waals surface area contributed by atoms with E-state index in [1.165, 1.54) is 0 Å². The van der Waals surface area contributed by atoms with Gasteiger partial charge >= 0.3 is 0 Å². The van der Waals surface area contributed by atoms with Gasteiger partial charge in [-0.3, -0.25) is 4.79 Å². The van der Waals surface area contributed by atoms with Gasteiger partial charge in [-0.2, -0.15) is 5.26 Å². The smallest absolute Gasteiger partial charge is 0.150 e. The molecule has 2 rings (SSSR count). The molecule has 2 aromatic rings. The number of anilines is 2. The average Bonchev–Trinajstić information content (AvgIpc) is 2.46. The van der Waals surface area contributed by atoms with Crippen LogP contribution in [-0.4, -0.2) is 13.3 Å². The lowest BCUT2D eigenvalue weighted by Gasteiger charge is -2.19. The highest BCUT2D eigenvalue weighted by molar-refractivity contribution is 5.76. The Kier molecular flexibility index (Phi) is 3.40. The number of hydrogen-bond acceptors (Lipinski definition) is 3. The second kappa shape index (κ2) is 5.15. The van der Waals surface area contributed by atoms with E-state index in [-0.39, 0.29) is 0 Å². The maximum atomic E-state index is 10.6. The molecule has 0 bridgehead atoms. The number of carbonyl (C=O) groups excluding carboxylic acids is 1. The van der Waals surface area contributed by atoms with E-state index in [2.05, 4.69) is 6.07 Å². The zero-order valence-electron chi connectivity index (χ0n) is 10.00. The quantitative estimate of drug-likeness (QED) is 0.769. The molecule has 0 aliphatic rings. The second-order valence-corrected chi connectivity index (χ2v) is 3.93. The Labute approximate surface area is 106 Å². The second-order valence-electron chi connectivity index (χ2n) is 3.93. The molecule has 18 heavy (non-hydrogen) atoms. The first-order chi connectivity index (χ1) is 8.74. The predicted octanol–water partition coefficient (Wildman–Crippen LogP) is 3.14. The summed E-state index contributed by atoms with van der Waals surface area (Å²) in [7, 11) is 1.92. The van der Waals surface area contributed by atoms with Gasteiger partial charge in [-0.15, -0.1) is 0 Å². The van der Waals surface area contributed by atoms with Crippen molar-refractivity contribution in [3.63, 3.8) is 0 Å². The third-order valence-electron chi connectivity index (χ3n) is 2.78. The Morgan fingerprint density at radius 2 is 1.83 bits per heavy atom. The lowest BCUT2D eigenvalue weighted by molar-refractivity contribution is 0.112. The molecular weight excluding hydrogens is 224 g/mol. The maximum absolute atomic E-state index is 10.6. The molecule has 0 radical (unpaired) electrons. The fraction of sp³-hybridized carbons (Fsp3) is 0.0667. The van der Waals surface area contributed by atoms with Crippen LogP contribution in [0.25, 0.3) is 0 Å². The van der Waals surface area contributed by atoms with E-state index < -0.39 is 0 Å². The van der Waals surface area contributed by atoms with Crippen LogP contribution in [0.2, 0.25) is 0 Å². The van der Waals surface area contributed by atoms with Crippen LogP contribution in [0, 0.1) is 11.3 Å². The largest absolute Gasteiger partial charge is 0.345 e. The third kappa shape index (κ3) is 2.38. The van der Waals surface area contributed by atoms with Gasteiger partial charge in [0.2, 0.25) is 0 Å². The first kappa shape index (κ1) is 11.9. The molecular formula is C15H12N2O. The maximum Gasteiger partial charge on any atom is 0.150 e. The molecule has 88 valence electrons. The first-order valence-electron chi connectivity index (χ1n) is 5.54. The minimum Gasteiger partial charge on any atom is -0.345 e. The highest BCUT2D eigenvalue weighted by atomic mass is 16.1. The fourth-order valence-electron chi connectivity index (χ4n) is 1.71. The molecule has 2 aromatic carbocycles. The summed E-state index contributed by atoms with van der Waals surface area (Å²) in [6.45, 7) is 0. The zero-order chi connectivity index (χ0) is 13.0. The van der Waals surface area contributed by atoms with E-state index in [0.29, 0.717) is 11.1 Å². The molecule has 0 spiro atoms. The van der Waals surface area contributed by atoms with Gasteiger partial charge in [0, 0.05) is 24.0 Å². The Bertz CT molecular complexity index is 597. The summed E-state index contributed by atoms with van der Waals surface area (Å²) in [5.41, 5.74) is 3.19. The molecule has 0 heterocycles. The Balaban J connectivity index is 2.32. The lowest BCUT2D eigenvalue weighted by Crippen LogP contribution is -2.09. The van der Waals surface area contributed by atoms with Crippen molar-refractivity contribution in [2.45, 2.75) is 0 Å². The SMILES string of the molecule is CN(c1ccc(C=O)cc1)c1cccc(C#N)c1. The lowest BCUT2D eigenvalue weighted by atomic mass is 10.1. The molecule has 3 nitrogen and oxygen atoms in total. The molecule has 0 atom stereocenters. The van der Waals surface area contributed by atoms with E-state index in [1.807, 2.05) is 42.3 Å². The third-order valence-corrected chi connectivity index (χ3v) is 2.78. The van der Waals surface area contributed by atoms with Gasteiger partial charge in [0.25, 0.3) is 0 Å². The van der Waals surface area contributed by atoms with Crippen molar-refractivity contribution in [1.82, 2.24) is 0 Å². The summed E-state index contributed by atoms with van der Waals surface area (Å²) in [6.07, 6.45) is 0.820. The zero-order valence-corrected chi connectivity index (χ0v) is 10.00. The van der Waals surface area contributed by atoms with Crippen LogP contribution in [0.4, 0.5) is 11.4 Å². The number of nitriles is 1. The van der Waals surface area contributed by atoms with Crippen molar-refractivity contribution in [1.29, 1.82) is 5.26 Å². The minimum atomic E-state index is 0.629. The average molecular weight is 236 g/mol. The van der Waals surface area contributed by atoms with Crippen molar-refractivity contribution < 1.29 is 4.79 Å². The summed E-state index contributed by atoms with van der Waals surface area (Å²) in [4.78, 5) is 12.6. The van der Waals surface area contributed by atoms with Gasteiger partial charge in [-0.25, -0.2) is 0 Å². The van der Waals surface area contributed by atoms with Crippen molar-refractivity contribution in [2.75, 3.05) is 11.9 Å². The molecule has 0 N–H and O–H groups in total. The normalized spacial score (nSPS) is 9.56. The first-order valence-corrected chi connectivity index (χ1v) is 5.54. The Hall–Kier alpha value is -2.60. The van der Waals surface area contributed by atoms with Crippen LogP contribution in [0.1, 0.15) is 15.9 Å². The highest BCUT2D eigenvalue weighted by Crippen LogP contribution is 2.24. The summed E-state index contributed by atoms with van der Waals surface area (Å²) in [5.74, 6) is 0. The number of hydrogen-bond donors (Lipinski definition) is 0. The van der Waals surface area contributed by atoms with Crippen LogP contribution in [-0.2, 0) is 0 Å².